The first-order chi connectivity index (χ1) is 8.57. The predicted octanol–water partition coefficient (Wildman–Crippen LogP) is 1.04. The van der Waals surface area contributed by atoms with Crippen LogP contribution in [0.4, 0.5) is 0 Å². The number of aliphatic hydroxyl groups excluding tert-OH is 3. The lowest BCUT2D eigenvalue weighted by Crippen LogP contribution is -2.57. The first-order valence-electron chi connectivity index (χ1n) is 7.35. The number of unbranched alkanes of at least 4 members (excludes halogenated alkanes) is 4. The van der Waals surface area contributed by atoms with Crippen molar-refractivity contribution < 1.29 is 15.3 Å². The number of hydrogen-bond acceptors (Lipinski definition) is 4. The van der Waals surface area contributed by atoms with Crippen molar-refractivity contribution in [3.05, 3.63) is 0 Å². The maximum absolute atomic E-state index is 9.89. The third-order valence-electron chi connectivity index (χ3n) is 4.01. The Kier molecular flexibility index (Phi) is 7.15. The monoisotopic (exact) mass is 259 g/mol. The summed E-state index contributed by atoms with van der Waals surface area (Å²) >= 11 is 0. The first kappa shape index (κ1) is 15.9. The van der Waals surface area contributed by atoms with Crippen LogP contribution in [-0.4, -0.2) is 46.2 Å². The molecule has 1 rings (SSSR count). The van der Waals surface area contributed by atoms with E-state index >= 15 is 0 Å². The van der Waals surface area contributed by atoms with Gasteiger partial charge in [0, 0.05) is 6.04 Å². The minimum atomic E-state index is -1.02. The summed E-state index contributed by atoms with van der Waals surface area (Å²) in [7, 11) is 0. The molecule has 0 radical (unpaired) electrons. The number of aliphatic hydroxyl groups is 3. The molecule has 0 bridgehead atoms. The van der Waals surface area contributed by atoms with Crippen LogP contribution >= 0.6 is 0 Å². The van der Waals surface area contributed by atoms with Crippen LogP contribution in [0, 0.1) is 5.92 Å². The SMILES string of the molecule is CCCCCCCN[C@@H]1C[C@@H](C)[C@@H](O)[C@@H](O)[C@@H]1O. The third-order valence-corrected chi connectivity index (χ3v) is 4.01. The average Bonchev–Trinajstić information content (AvgIpc) is 2.37. The molecule has 5 atom stereocenters. The minimum Gasteiger partial charge on any atom is -0.390 e. The molecule has 4 heteroatoms. The van der Waals surface area contributed by atoms with Gasteiger partial charge in [-0.15, -0.1) is 0 Å². The molecule has 0 unspecified atom stereocenters. The van der Waals surface area contributed by atoms with Gasteiger partial charge in [-0.1, -0.05) is 39.5 Å². The van der Waals surface area contributed by atoms with E-state index in [4.69, 9.17) is 0 Å². The summed E-state index contributed by atoms with van der Waals surface area (Å²) in [6.45, 7) is 4.99. The molecule has 0 aliphatic heterocycles. The van der Waals surface area contributed by atoms with Crippen LogP contribution in [0.15, 0.2) is 0 Å². The summed E-state index contributed by atoms with van der Waals surface area (Å²) in [5.74, 6) is 0.0287. The maximum Gasteiger partial charge on any atom is 0.107 e. The van der Waals surface area contributed by atoms with Gasteiger partial charge in [0.25, 0.3) is 0 Å². The van der Waals surface area contributed by atoms with E-state index in [0.717, 1.165) is 13.0 Å². The van der Waals surface area contributed by atoms with Gasteiger partial charge in [0.05, 0.1) is 12.2 Å². The van der Waals surface area contributed by atoms with E-state index in [-0.39, 0.29) is 12.0 Å². The zero-order chi connectivity index (χ0) is 13.5. The minimum absolute atomic E-state index is 0.0287. The molecule has 1 aliphatic carbocycles. The van der Waals surface area contributed by atoms with Gasteiger partial charge >= 0.3 is 0 Å². The van der Waals surface area contributed by atoms with E-state index in [2.05, 4.69) is 12.2 Å². The van der Waals surface area contributed by atoms with Crippen LogP contribution in [0.25, 0.3) is 0 Å². The Balaban J connectivity index is 2.21. The zero-order valence-electron chi connectivity index (χ0n) is 11.7. The van der Waals surface area contributed by atoms with Crippen molar-refractivity contribution in [2.24, 2.45) is 5.92 Å². The van der Waals surface area contributed by atoms with Crippen molar-refractivity contribution in [1.29, 1.82) is 0 Å². The highest BCUT2D eigenvalue weighted by atomic mass is 16.4. The van der Waals surface area contributed by atoms with Gasteiger partial charge in [0.1, 0.15) is 6.10 Å². The molecule has 0 aromatic heterocycles. The van der Waals surface area contributed by atoms with E-state index in [9.17, 15) is 15.3 Å². The molecule has 0 spiro atoms. The molecule has 18 heavy (non-hydrogen) atoms. The molecule has 4 N–H and O–H groups in total. The second-order valence-electron chi connectivity index (χ2n) is 5.66. The fraction of sp³-hybridized carbons (Fsp3) is 1.00. The Labute approximate surface area is 110 Å². The molecule has 0 saturated heterocycles. The average molecular weight is 259 g/mol. The van der Waals surface area contributed by atoms with Crippen LogP contribution in [0.3, 0.4) is 0 Å². The molecule has 1 saturated carbocycles. The lowest BCUT2D eigenvalue weighted by atomic mass is 9.80. The molecular formula is C14H29NO3. The highest BCUT2D eigenvalue weighted by Gasteiger charge is 2.40. The molecular weight excluding hydrogens is 230 g/mol. The summed E-state index contributed by atoms with van der Waals surface area (Å²) < 4.78 is 0. The van der Waals surface area contributed by atoms with Crippen LogP contribution in [0.5, 0.6) is 0 Å². The van der Waals surface area contributed by atoms with E-state index in [1.54, 1.807) is 0 Å². The molecule has 108 valence electrons. The topological polar surface area (TPSA) is 72.7 Å². The number of hydrogen-bond donors (Lipinski definition) is 4. The summed E-state index contributed by atoms with van der Waals surface area (Å²) in [6.07, 6.45) is 4.16. The molecule has 1 fully saturated rings. The lowest BCUT2D eigenvalue weighted by molar-refractivity contribution is -0.119. The van der Waals surface area contributed by atoms with Crippen molar-refractivity contribution >= 4 is 0 Å². The fourth-order valence-electron chi connectivity index (χ4n) is 2.68. The van der Waals surface area contributed by atoms with Crippen LogP contribution in [-0.2, 0) is 0 Å². The standard InChI is InChI=1S/C14H29NO3/c1-3-4-5-6-7-8-15-11-9-10(2)12(16)14(18)13(11)17/h10-18H,3-9H2,1-2H3/t10-,11-,12-,13-,14-/m1/s1. The van der Waals surface area contributed by atoms with Gasteiger partial charge in [-0.25, -0.2) is 0 Å². The van der Waals surface area contributed by atoms with Gasteiger partial charge in [0.15, 0.2) is 0 Å². The van der Waals surface area contributed by atoms with E-state index in [1.165, 1.54) is 25.7 Å². The van der Waals surface area contributed by atoms with E-state index < -0.39 is 18.3 Å². The van der Waals surface area contributed by atoms with Crippen molar-refractivity contribution in [1.82, 2.24) is 5.32 Å². The van der Waals surface area contributed by atoms with Crippen molar-refractivity contribution in [2.45, 2.75) is 76.7 Å². The molecule has 0 aromatic carbocycles. The van der Waals surface area contributed by atoms with Crippen LogP contribution in [0.2, 0.25) is 0 Å². The Morgan fingerprint density at radius 1 is 0.944 bits per heavy atom. The fourth-order valence-corrected chi connectivity index (χ4v) is 2.68. The molecule has 0 amide bonds. The zero-order valence-corrected chi connectivity index (χ0v) is 11.7. The van der Waals surface area contributed by atoms with Gasteiger partial charge < -0.3 is 20.6 Å². The smallest absolute Gasteiger partial charge is 0.107 e. The molecule has 1 aliphatic rings. The van der Waals surface area contributed by atoms with Gasteiger partial charge in [-0.3, -0.25) is 0 Å². The third kappa shape index (κ3) is 4.50. The van der Waals surface area contributed by atoms with Gasteiger partial charge in [-0.05, 0) is 25.3 Å². The van der Waals surface area contributed by atoms with E-state index in [0.29, 0.717) is 6.42 Å². The summed E-state index contributed by atoms with van der Waals surface area (Å²) in [5.41, 5.74) is 0. The van der Waals surface area contributed by atoms with Gasteiger partial charge in [0.2, 0.25) is 0 Å². The molecule has 4 nitrogen and oxygen atoms in total. The Hall–Kier alpha value is -0.160. The van der Waals surface area contributed by atoms with Crippen molar-refractivity contribution in [2.75, 3.05) is 6.54 Å². The van der Waals surface area contributed by atoms with Crippen molar-refractivity contribution in [3.63, 3.8) is 0 Å². The maximum atomic E-state index is 9.89. The second-order valence-corrected chi connectivity index (χ2v) is 5.66. The Morgan fingerprint density at radius 2 is 1.61 bits per heavy atom. The quantitative estimate of drug-likeness (QED) is 0.515. The Bertz CT molecular complexity index is 225. The first-order valence-corrected chi connectivity index (χ1v) is 7.35. The number of rotatable bonds is 7. The van der Waals surface area contributed by atoms with Gasteiger partial charge in [-0.2, -0.15) is 0 Å². The Morgan fingerprint density at radius 3 is 2.28 bits per heavy atom. The highest BCUT2D eigenvalue weighted by Crippen LogP contribution is 2.25. The predicted molar refractivity (Wildman–Crippen MR) is 72.4 cm³/mol. The lowest BCUT2D eigenvalue weighted by Gasteiger charge is -2.39. The van der Waals surface area contributed by atoms with E-state index in [1.807, 2.05) is 6.92 Å². The van der Waals surface area contributed by atoms with Crippen LogP contribution in [0.1, 0.15) is 52.4 Å². The van der Waals surface area contributed by atoms with Crippen molar-refractivity contribution in [3.8, 4) is 0 Å². The number of nitrogens with one attached hydrogen (secondary N) is 1. The second kappa shape index (κ2) is 8.10. The summed E-state index contributed by atoms with van der Waals surface area (Å²) in [6, 6.07) is -0.0930. The molecule has 0 heterocycles. The van der Waals surface area contributed by atoms with Crippen LogP contribution < -0.4 is 5.32 Å². The normalized spacial score (nSPS) is 36.8. The summed E-state index contributed by atoms with van der Waals surface area (Å²) in [5, 5.41) is 32.6. The molecule has 0 aromatic rings. The summed E-state index contributed by atoms with van der Waals surface area (Å²) in [4.78, 5) is 0. The highest BCUT2D eigenvalue weighted by molar-refractivity contribution is 4.94. The largest absolute Gasteiger partial charge is 0.390 e.